The fraction of sp³-hybridized carbons (Fsp3) is 0.192. The molecule has 0 saturated carbocycles. The first-order valence-electron chi connectivity index (χ1n) is 10.4. The molecule has 158 valence electrons. The minimum Gasteiger partial charge on any atom is -0.484 e. The number of anilines is 1. The molecule has 0 unspecified atom stereocenters. The number of carbonyl (C=O) groups excluding carboxylic acids is 2. The number of nitrogens with zero attached hydrogens (tertiary/aromatic N) is 1. The van der Waals surface area contributed by atoms with Crippen LogP contribution >= 0.6 is 0 Å². The van der Waals surface area contributed by atoms with Crippen molar-refractivity contribution in [3.63, 3.8) is 0 Å². The number of ether oxygens (including phenoxy) is 1. The van der Waals surface area contributed by atoms with E-state index in [2.05, 4.69) is 24.1 Å². The SMILES string of the molecule is CCc1cccc(CC)c1NC(=O)COc1cccc(C(=O)C=Cc2cccnc2)c1. The maximum atomic E-state index is 12.5. The molecule has 0 aliphatic rings. The molecule has 1 aromatic heterocycles. The number of carbonyl (C=O) groups is 2. The molecule has 0 saturated heterocycles. The molecule has 0 atom stereocenters. The number of rotatable bonds is 9. The van der Waals surface area contributed by atoms with Crippen molar-refractivity contribution in [2.45, 2.75) is 26.7 Å². The maximum Gasteiger partial charge on any atom is 0.262 e. The molecule has 1 N–H and O–H groups in total. The molecule has 1 amide bonds. The van der Waals surface area contributed by atoms with Gasteiger partial charge >= 0.3 is 0 Å². The normalized spacial score (nSPS) is 10.8. The summed E-state index contributed by atoms with van der Waals surface area (Å²) in [5, 5.41) is 2.98. The van der Waals surface area contributed by atoms with Crippen LogP contribution in [0.3, 0.4) is 0 Å². The zero-order valence-electron chi connectivity index (χ0n) is 17.8. The summed E-state index contributed by atoms with van der Waals surface area (Å²) in [4.78, 5) is 29.0. The van der Waals surface area contributed by atoms with Crippen molar-refractivity contribution in [1.29, 1.82) is 0 Å². The first kappa shape index (κ1) is 22.0. The second kappa shape index (κ2) is 10.9. The molecule has 0 fully saturated rings. The predicted molar refractivity (Wildman–Crippen MR) is 123 cm³/mol. The Morgan fingerprint density at radius 2 is 1.74 bits per heavy atom. The van der Waals surface area contributed by atoms with E-state index in [0.717, 1.165) is 35.2 Å². The number of aromatic nitrogens is 1. The van der Waals surface area contributed by atoms with E-state index in [1.54, 1.807) is 42.7 Å². The molecule has 0 spiro atoms. The fourth-order valence-electron chi connectivity index (χ4n) is 3.21. The van der Waals surface area contributed by atoms with Crippen molar-refractivity contribution in [2.24, 2.45) is 0 Å². The minimum atomic E-state index is -0.233. The van der Waals surface area contributed by atoms with Crippen molar-refractivity contribution >= 4 is 23.5 Å². The second-order valence-electron chi connectivity index (χ2n) is 7.01. The van der Waals surface area contributed by atoms with Gasteiger partial charge in [-0.15, -0.1) is 0 Å². The van der Waals surface area contributed by atoms with Crippen molar-refractivity contribution in [1.82, 2.24) is 4.98 Å². The van der Waals surface area contributed by atoms with Crippen LogP contribution in [0.2, 0.25) is 0 Å². The number of nitrogens with one attached hydrogen (secondary N) is 1. The van der Waals surface area contributed by atoms with Crippen LogP contribution < -0.4 is 10.1 Å². The maximum absolute atomic E-state index is 12.5. The van der Waals surface area contributed by atoms with Crippen LogP contribution in [0, 0.1) is 0 Å². The molecular weight excluding hydrogens is 388 g/mol. The van der Waals surface area contributed by atoms with Crippen molar-refractivity contribution in [3.8, 4) is 5.75 Å². The summed E-state index contributed by atoms with van der Waals surface area (Å²) in [7, 11) is 0. The zero-order chi connectivity index (χ0) is 22.1. The molecular formula is C26H26N2O3. The lowest BCUT2D eigenvalue weighted by Gasteiger charge is -2.15. The van der Waals surface area contributed by atoms with E-state index in [4.69, 9.17) is 4.74 Å². The molecule has 5 nitrogen and oxygen atoms in total. The highest BCUT2D eigenvalue weighted by molar-refractivity contribution is 6.07. The van der Waals surface area contributed by atoms with Gasteiger partial charge in [-0.25, -0.2) is 0 Å². The molecule has 5 heteroatoms. The van der Waals surface area contributed by atoms with Crippen LogP contribution in [0.4, 0.5) is 5.69 Å². The Labute approximate surface area is 182 Å². The summed E-state index contributed by atoms with van der Waals surface area (Å²) < 4.78 is 5.64. The van der Waals surface area contributed by atoms with Crippen LogP contribution in [0.5, 0.6) is 5.75 Å². The van der Waals surface area contributed by atoms with E-state index < -0.39 is 0 Å². The van der Waals surface area contributed by atoms with Gasteiger partial charge in [-0.05, 0) is 59.9 Å². The third kappa shape index (κ3) is 6.12. The van der Waals surface area contributed by atoms with Gasteiger partial charge in [0.25, 0.3) is 5.91 Å². The fourth-order valence-corrected chi connectivity index (χ4v) is 3.21. The molecule has 2 aromatic carbocycles. The minimum absolute atomic E-state index is 0.135. The van der Waals surface area contributed by atoms with Gasteiger partial charge in [-0.1, -0.05) is 50.2 Å². The quantitative estimate of drug-likeness (QED) is 0.390. The van der Waals surface area contributed by atoms with E-state index in [0.29, 0.717) is 11.3 Å². The summed E-state index contributed by atoms with van der Waals surface area (Å²) in [6, 6.07) is 16.5. The third-order valence-electron chi connectivity index (χ3n) is 4.86. The van der Waals surface area contributed by atoms with Gasteiger partial charge in [0.05, 0.1) is 0 Å². The first-order chi connectivity index (χ1) is 15.1. The summed E-state index contributed by atoms with van der Waals surface area (Å²) in [5.74, 6) is 0.0855. The molecule has 1 heterocycles. The number of hydrogen-bond donors (Lipinski definition) is 1. The summed E-state index contributed by atoms with van der Waals surface area (Å²) >= 11 is 0. The lowest BCUT2D eigenvalue weighted by molar-refractivity contribution is -0.118. The Morgan fingerprint density at radius 1 is 1.00 bits per heavy atom. The van der Waals surface area contributed by atoms with Gasteiger partial charge in [0.1, 0.15) is 5.75 Å². The average Bonchev–Trinajstić information content (AvgIpc) is 2.82. The smallest absolute Gasteiger partial charge is 0.262 e. The lowest BCUT2D eigenvalue weighted by Crippen LogP contribution is -2.21. The van der Waals surface area contributed by atoms with Crippen LogP contribution in [0.15, 0.2) is 73.1 Å². The van der Waals surface area contributed by atoms with E-state index in [9.17, 15) is 9.59 Å². The van der Waals surface area contributed by atoms with Gasteiger partial charge in [0, 0.05) is 23.6 Å². The molecule has 0 radical (unpaired) electrons. The highest BCUT2D eigenvalue weighted by Crippen LogP contribution is 2.22. The Morgan fingerprint density at radius 3 is 2.42 bits per heavy atom. The Balaban J connectivity index is 1.62. The van der Waals surface area contributed by atoms with Crippen molar-refractivity contribution in [3.05, 3.63) is 95.3 Å². The van der Waals surface area contributed by atoms with E-state index in [1.165, 1.54) is 6.08 Å². The highest BCUT2D eigenvalue weighted by atomic mass is 16.5. The number of aryl methyl sites for hydroxylation is 2. The number of hydrogen-bond acceptors (Lipinski definition) is 4. The average molecular weight is 415 g/mol. The summed E-state index contributed by atoms with van der Waals surface area (Å²) in [5.41, 5.74) is 4.40. The number of allylic oxidation sites excluding steroid dienone is 1. The zero-order valence-corrected chi connectivity index (χ0v) is 17.8. The lowest BCUT2D eigenvalue weighted by atomic mass is 10.0. The Kier molecular flexibility index (Phi) is 7.71. The molecule has 3 aromatic rings. The molecule has 0 aliphatic carbocycles. The van der Waals surface area contributed by atoms with Gasteiger partial charge in [0.2, 0.25) is 0 Å². The second-order valence-corrected chi connectivity index (χ2v) is 7.01. The Bertz CT molecular complexity index is 1050. The van der Waals surface area contributed by atoms with E-state index in [-0.39, 0.29) is 18.3 Å². The number of ketones is 1. The van der Waals surface area contributed by atoms with Gasteiger partial charge < -0.3 is 10.1 Å². The first-order valence-corrected chi connectivity index (χ1v) is 10.4. The molecule has 0 bridgehead atoms. The van der Waals surface area contributed by atoms with E-state index >= 15 is 0 Å². The third-order valence-corrected chi connectivity index (χ3v) is 4.86. The van der Waals surface area contributed by atoms with E-state index in [1.807, 2.05) is 30.3 Å². The van der Waals surface area contributed by atoms with Gasteiger partial charge in [-0.3, -0.25) is 14.6 Å². The largest absolute Gasteiger partial charge is 0.484 e. The predicted octanol–water partition coefficient (Wildman–Crippen LogP) is 5.12. The van der Waals surface area contributed by atoms with Gasteiger partial charge in [-0.2, -0.15) is 0 Å². The number of benzene rings is 2. The van der Waals surface area contributed by atoms with Crippen molar-refractivity contribution in [2.75, 3.05) is 11.9 Å². The molecule has 31 heavy (non-hydrogen) atoms. The topological polar surface area (TPSA) is 68.3 Å². The van der Waals surface area contributed by atoms with Crippen LogP contribution in [0.25, 0.3) is 6.08 Å². The number of para-hydroxylation sites is 1. The van der Waals surface area contributed by atoms with Crippen molar-refractivity contribution < 1.29 is 14.3 Å². The molecule has 3 rings (SSSR count). The number of pyridine rings is 1. The highest BCUT2D eigenvalue weighted by Gasteiger charge is 2.11. The molecule has 0 aliphatic heterocycles. The summed E-state index contributed by atoms with van der Waals surface area (Å²) in [6.45, 7) is 3.99. The van der Waals surface area contributed by atoms with Crippen LogP contribution in [-0.4, -0.2) is 23.3 Å². The monoisotopic (exact) mass is 414 g/mol. The number of amides is 1. The standard InChI is InChI=1S/C26H26N2O3/c1-3-20-9-5-10-21(4-2)26(20)28-25(30)18-31-23-12-6-11-22(16-23)24(29)14-13-19-8-7-15-27-17-19/h5-17H,3-4,18H2,1-2H3,(H,28,30). The summed E-state index contributed by atoms with van der Waals surface area (Å²) in [6.07, 6.45) is 8.24. The van der Waals surface area contributed by atoms with Gasteiger partial charge in [0.15, 0.2) is 12.4 Å². The van der Waals surface area contributed by atoms with Crippen LogP contribution in [-0.2, 0) is 17.6 Å². The Hall–Kier alpha value is -3.73. The van der Waals surface area contributed by atoms with Crippen LogP contribution in [0.1, 0.15) is 40.9 Å².